The van der Waals surface area contributed by atoms with Gasteiger partial charge in [-0.05, 0) is 30.1 Å². The van der Waals surface area contributed by atoms with E-state index in [4.69, 9.17) is 5.73 Å². The molecule has 0 heterocycles. The summed E-state index contributed by atoms with van der Waals surface area (Å²) < 4.78 is 25.8. The summed E-state index contributed by atoms with van der Waals surface area (Å²) in [4.78, 5) is 0. The lowest BCUT2D eigenvalue weighted by Gasteiger charge is -2.14. The molecular weight excluding hydrogens is 212 g/mol. The first-order chi connectivity index (χ1) is 7.00. The van der Waals surface area contributed by atoms with Crippen LogP contribution in [0.25, 0.3) is 0 Å². The summed E-state index contributed by atoms with van der Waals surface area (Å²) in [5, 5.41) is 0. The van der Waals surface area contributed by atoms with Gasteiger partial charge in [-0.2, -0.15) is 0 Å². The Morgan fingerprint density at radius 3 is 2.53 bits per heavy atom. The standard InChI is InChI=1S/C11H17F2NSi/c1-15(2)11(14)6-4-8-3-5-9(12)7-10(8)13/h3,5,7,11,15H,4,6,14H2,1-2H3. The van der Waals surface area contributed by atoms with E-state index in [0.29, 0.717) is 12.0 Å². The topological polar surface area (TPSA) is 26.0 Å². The van der Waals surface area contributed by atoms with Crippen molar-refractivity contribution in [3.05, 3.63) is 35.4 Å². The Kier molecular flexibility index (Phi) is 4.41. The molecule has 0 amide bonds. The molecule has 1 nitrogen and oxygen atoms in total. The zero-order chi connectivity index (χ0) is 11.4. The van der Waals surface area contributed by atoms with Gasteiger partial charge in [-0.25, -0.2) is 8.78 Å². The molecule has 15 heavy (non-hydrogen) atoms. The van der Waals surface area contributed by atoms with Crippen molar-refractivity contribution in [2.45, 2.75) is 31.6 Å². The van der Waals surface area contributed by atoms with Crippen LogP contribution >= 0.6 is 0 Å². The van der Waals surface area contributed by atoms with Gasteiger partial charge in [0.25, 0.3) is 0 Å². The molecule has 0 spiro atoms. The van der Waals surface area contributed by atoms with Crippen LogP contribution in [0.4, 0.5) is 8.78 Å². The normalized spacial score (nSPS) is 13.2. The lowest BCUT2D eigenvalue weighted by molar-refractivity contribution is 0.568. The van der Waals surface area contributed by atoms with Gasteiger partial charge in [-0.3, -0.25) is 0 Å². The van der Waals surface area contributed by atoms with Gasteiger partial charge in [-0.1, -0.05) is 19.2 Å². The molecule has 1 rings (SSSR count). The highest BCUT2D eigenvalue weighted by molar-refractivity contribution is 6.57. The molecule has 4 heteroatoms. The molecule has 0 aliphatic carbocycles. The molecule has 0 bridgehead atoms. The van der Waals surface area contributed by atoms with Gasteiger partial charge >= 0.3 is 0 Å². The highest BCUT2D eigenvalue weighted by Crippen LogP contribution is 2.12. The van der Waals surface area contributed by atoms with Crippen LogP contribution in [0.2, 0.25) is 13.1 Å². The lowest BCUT2D eigenvalue weighted by atomic mass is 10.1. The molecule has 0 saturated carbocycles. The van der Waals surface area contributed by atoms with Gasteiger partial charge in [0.05, 0.1) is 8.80 Å². The minimum absolute atomic E-state index is 0.203. The van der Waals surface area contributed by atoms with Crippen LogP contribution in [-0.4, -0.2) is 14.5 Å². The Labute approximate surface area is 90.9 Å². The quantitative estimate of drug-likeness (QED) is 0.787. The molecule has 1 aromatic rings. The Balaban J connectivity index is 2.58. The van der Waals surface area contributed by atoms with Crippen molar-refractivity contribution >= 4 is 8.80 Å². The average molecular weight is 229 g/mol. The van der Waals surface area contributed by atoms with Crippen molar-refractivity contribution in [1.29, 1.82) is 0 Å². The minimum atomic E-state index is -0.850. The van der Waals surface area contributed by atoms with Crippen LogP contribution in [0.1, 0.15) is 12.0 Å². The van der Waals surface area contributed by atoms with Gasteiger partial charge < -0.3 is 5.73 Å². The van der Waals surface area contributed by atoms with Crippen molar-refractivity contribution in [1.82, 2.24) is 0 Å². The van der Waals surface area contributed by atoms with Crippen LogP contribution in [0.15, 0.2) is 18.2 Å². The van der Waals surface area contributed by atoms with Crippen molar-refractivity contribution in [2.24, 2.45) is 5.73 Å². The molecule has 0 saturated heterocycles. The first kappa shape index (κ1) is 12.3. The monoisotopic (exact) mass is 229 g/mol. The van der Waals surface area contributed by atoms with Crippen LogP contribution in [0, 0.1) is 11.6 Å². The zero-order valence-electron chi connectivity index (χ0n) is 9.13. The number of aryl methyl sites for hydroxylation is 1. The molecular formula is C11H17F2NSi. The molecule has 1 atom stereocenters. The van der Waals surface area contributed by atoms with Crippen LogP contribution in [0.5, 0.6) is 0 Å². The molecule has 0 aromatic heterocycles. The Bertz CT molecular complexity index is 328. The number of halogens is 2. The van der Waals surface area contributed by atoms with Crippen molar-refractivity contribution in [3.8, 4) is 0 Å². The fourth-order valence-electron chi connectivity index (χ4n) is 1.38. The number of hydrogen-bond acceptors (Lipinski definition) is 1. The second-order valence-electron chi connectivity index (χ2n) is 4.18. The SMILES string of the molecule is C[SiH](C)C(N)CCc1ccc(F)cc1F. The maximum absolute atomic E-state index is 13.2. The molecule has 1 unspecified atom stereocenters. The average Bonchev–Trinajstić information content (AvgIpc) is 2.15. The number of rotatable bonds is 4. The molecule has 0 aliphatic heterocycles. The zero-order valence-corrected chi connectivity index (χ0v) is 10.3. The van der Waals surface area contributed by atoms with Crippen LogP contribution < -0.4 is 5.73 Å². The lowest BCUT2D eigenvalue weighted by Crippen LogP contribution is -2.34. The van der Waals surface area contributed by atoms with Crippen LogP contribution in [-0.2, 0) is 6.42 Å². The summed E-state index contributed by atoms with van der Waals surface area (Å²) >= 11 is 0. The third-order valence-electron chi connectivity index (χ3n) is 2.62. The van der Waals surface area contributed by atoms with Crippen molar-refractivity contribution in [3.63, 3.8) is 0 Å². The van der Waals surface area contributed by atoms with Gasteiger partial charge in [0.1, 0.15) is 11.6 Å². The van der Waals surface area contributed by atoms with E-state index in [-0.39, 0.29) is 5.67 Å². The highest BCUT2D eigenvalue weighted by Gasteiger charge is 2.10. The fourth-order valence-corrected chi connectivity index (χ4v) is 2.21. The van der Waals surface area contributed by atoms with Gasteiger partial charge in [0.15, 0.2) is 0 Å². The maximum atomic E-state index is 13.2. The summed E-state index contributed by atoms with van der Waals surface area (Å²) in [6, 6.07) is 3.71. The van der Waals surface area contributed by atoms with Crippen molar-refractivity contribution in [2.75, 3.05) is 0 Å². The van der Waals surface area contributed by atoms with Gasteiger partial charge in [0.2, 0.25) is 0 Å². The predicted octanol–water partition coefficient (Wildman–Crippen LogP) is 2.25. The second-order valence-corrected chi connectivity index (χ2v) is 7.53. The molecule has 2 N–H and O–H groups in total. The molecule has 1 aromatic carbocycles. The summed E-state index contributed by atoms with van der Waals surface area (Å²) in [5.41, 5.74) is 6.67. The third kappa shape index (κ3) is 3.72. The van der Waals surface area contributed by atoms with E-state index >= 15 is 0 Å². The fraction of sp³-hybridized carbons (Fsp3) is 0.455. The predicted molar refractivity (Wildman–Crippen MR) is 61.5 cm³/mol. The summed E-state index contributed by atoms with van der Waals surface area (Å²) in [6.45, 7) is 4.34. The van der Waals surface area contributed by atoms with E-state index in [0.717, 1.165) is 12.5 Å². The number of hydrogen-bond donors (Lipinski definition) is 1. The largest absolute Gasteiger partial charge is 0.331 e. The van der Waals surface area contributed by atoms with E-state index in [2.05, 4.69) is 13.1 Å². The van der Waals surface area contributed by atoms with E-state index in [1.165, 1.54) is 12.1 Å². The number of nitrogens with two attached hydrogens (primary N) is 1. The summed E-state index contributed by atoms with van der Waals surface area (Å²) in [6.07, 6.45) is 1.38. The molecule has 0 fully saturated rings. The van der Waals surface area contributed by atoms with E-state index < -0.39 is 20.4 Å². The summed E-state index contributed by atoms with van der Waals surface area (Å²) in [7, 11) is -0.850. The van der Waals surface area contributed by atoms with E-state index in [1.54, 1.807) is 0 Å². The Hall–Kier alpha value is -0.743. The minimum Gasteiger partial charge on any atom is -0.331 e. The first-order valence-electron chi connectivity index (χ1n) is 5.20. The summed E-state index contributed by atoms with van der Waals surface area (Å²) in [5.74, 6) is -0.994. The number of benzene rings is 1. The third-order valence-corrected chi connectivity index (χ3v) is 4.66. The van der Waals surface area contributed by atoms with Gasteiger partial charge in [0, 0.05) is 6.07 Å². The van der Waals surface area contributed by atoms with Gasteiger partial charge in [-0.15, -0.1) is 0 Å². The smallest absolute Gasteiger partial charge is 0.129 e. The Morgan fingerprint density at radius 1 is 1.33 bits per heavy atom. The first-order valence-corrected chi connectivity index (χ1v) is 8.18. The second kappa shape index (κ2) is 5.37. The Morgan fingerprint density at radius 2 is 2.00 bits per heavy atom. The molecule has 0 aliphatic rings. The maximum Gasteiger partial charge on any atom is 0.129 e. The van der Waals surface area contributed by atoms with E-state index in [9.17, 15) is 8.78 Å². The van der Waals surface area contributed by atoms with Crippen molar-refractivity contribution < 1.29 is 8.78 Å². The van der Waals surface area contributed by atoms with Crippen LogP contribution in [0.3, 0.4) is 0 Å². The molecule has 0 radical (unpaired) electrons. The van der Waals surface area contributed by atoms with E-state index in [1.807, 2.05) is 0 Å². The molecule has 84 valence electrons. The highest BCUT2D eigenvalue weighted by atomic mass is 28.3.